The van der Waals surface area contributed by atoms with Crippen molar-refractivity contribution in [1.82, 2.24) is 5.32 Å². The van der Waals surface area contributed by atoms with Crippen LogP contribution in [-0.4, -0.2) is 25.8 Å². The van der Waals surface area contributed by atoms with Crippen LogP contribution in [0.5, 0.6) is 0 Å². The Morgan fingerprint density at radius 3 is 2.33 bits per heavy atom. The summed E-state index contributed by atoms with van der Waals surface area (Å²) in [7, 11) is 2.07. The van der Waals surface area contributed by atoms with Crippen LogP contribution in [0.25, 0.3) is 0 Å². The maximum absolute atomic E-state index is 5.89. The molecule has 2 nitrogen and oxygen atoms in total. The van der Waals surface area contributed by atoms with Gasteiger partial charge in [-0.05, 0) is 51.5 Å². The Balaban J connectivity index is 2.37. The highest BCUT2D eigenvalue weighted by Crippen LogP contribution is 2.36. The molecule has 0 bridgehead atoms. The molecule has 0 heterocycles. The Hall–Kier alpha value is -0.0800. The standard InChI is InChI=1S/C13H27NO/c1-5-15-13(11-7-8-11)12(14-4)9-6-10(2)3/h10-14H,5-9H2,1-4H3. The van der Waals surface area contributed by atoms with E-state index < -0.39 is 0 Å². The van der Waals surface area contributed by atoms with Gasteiger partial charge in [0, 0.05) is 12.6 Å². The summed E-state index contributed by atoms with van der Waals surface area (Å²) in [6.07, 6.45) is 5.73. The molecule has 0 aromatic carbocycles. The molecule has 90 valence electrons. The first-order valence-corrected chi connectivity index (χ1v) is 6.47. The van der Waals surface area contributed by atoms with E-state index in [1.807, 2.05) is 0 Å². The summed E-state index contributed by atoms with van der Waals surface area (Å²) in [6.45, 7) is 7.53. The van der Waals surface area contributed by atoms with Gasteiger partial charge >= 0.3 is 0 Å². The lowest BCUT2D eigenvalue weighted by Gasteiger charge is -2.27. The summed E-state index contributed by atoms with van der Waals surface area (Å²) < 4.78 is 5.89. The zero-order valence-electron chi connectivity index (χ0n) is 10.8. The van der Waals surface area contributed by atoms with E-state index in [0.717, 1.165) is 18.4 Å². The van der Waals surface area contributed by atoms with Gasteiger partial charge in [-0.2, -0.15) is 0 Å². The summed E-state index contributed by atoms with van der Waals surface area (Å²) in [4.78, 5) is 0. The van der Waals surface area contributed by atoms with Crippen LogP contribution in [-0.2, 0) is 4.74 Å². The number of nitrogens with one attached hydrogen (secondary N) is 1. The van der Waals surface area contributed by atoms with Crippen molar-refractivity contribution in [1.29, 1.82) is 0 Å². The maximum Gasteiger partial charge on any atom is 0.0755 e. The van der Waals surface area contributed by atoms with Gasteiger partial charge in [0.05, 0.1) is 6.10 Å². The van der Waals surface area contributed by atoms with E-state index in [-0.39, 0.29) is 0 Å². The molecule has 0 aromatic rings. The molecule has 1 fully saturated rings. The van der Waals surface area contributed by atoms with E-state index in [2.05, 4.69) is 33.1 Å². The van der Waals surface area contributed by atoms with Gasteiger partial charge in [-0.1, -0.05) is 13.8 Å². The van der Waals surface area contributed by atoms with E-state index >= 15 is 0 Å². The van der Waals surface area contributed by atoms with Gasteiger partial charge in [0.25, 0.3) is 0 Å². The second kappa shape index (κ2) is 6.49. The monoisotopic (exact) mass is 213 g/mol. The first-order chi connectivity index (χ1) is 7.19. The number of rotatable bonds is 8. The summed E-state index contributed by atoms with van der Waals surface area (Å²) in [5, 5.41) is 3.44. The number of hydrogen-bond donors (Lipinski definition) is 1. The van der Waals surface area contributed by atoms with E-state index in [9.17, 15) is 0 Å². The molecule has 0 aliphatic heterocycles. The zero-order valence-corrected chi connectivity index (χ0v) is 10.8. The predicted octanol–water partition coefficient (Wildman–Crippen LogP) is 2.83. The molecule has 1 aliphatic rings. The van der Waals surface area contributed by atoms with Gasteiger partial charge in [-0.3, -0.25) is 0 Å². The minimum absolute atomic E-state index is 0.457. The molecule has 0 amide bonds. The first-order valence-electron chi connectivity index (χ1n) is 6.47. The van der Waals surface area contributed by atoms with Crippen LogP contribution in [0.15, 0.2) is 0 Å². The van der Waals surface area contributed by atoms with E-state index in [1.54, 1.807) is 0 Å². The molecule has 2 unspecified atom stereocenters. The lowest BCUT2D eigenvalue weighted by molar-refractivity contribution is 0.0177. The highest BCUT2D eigenvalue weighted by Gasteiger charge is 2.36. The van der Waals surface area contributed by atoms with Crippen molar-refractivity contribution in [2.75, 3.05) is 13.7 Å². The molecular weight excluding hydrogens is 186 g/mol. The molecule has 1 N–H and O–H groups in total. The van der Waals surface area contributed by atoms with Gasteiger partial charge in [-0.25, -0.2) is 0 Å². The Labute approximate surface area is 94.8 Å². The predicted molar refractivity (Wildman–Crippen MR) is 65.1 cm³/mol. The van der Waals surface area contributed by atoms with E-state index in [1.165, 1.54) is 25.7 Å². The van der Waals surface area contributed by atoms with Crippen molar-refractivity contribution in [3.63, 3.8) is 0 Å². The average Bonchev–Trinajstić information content (AvgIpc) is 3.00. The van der Waals surface area contributed by atoms with Crippen molar-refractivity contribution >= 4 is 0 Å². The summed E-state index contributed by atoms with van der Waals surface area (Å²) in [5.41, 5.74) is 0. The first kappa shape index (κ1) is 13.0. The Morgan fingerprint density at radius 1 is 1.27 bits per heavy atom. The third kappa shape index (κ3) is 4.52. The Bertz CT molecular complexity index is 166. The molecule has 0 spiro atoms. The van der Waals surface area contributed by atoms with Crippen molar-refractivity contribution in [3.8, 4) is 0 Å². The molecule has 2 heteroatoms. The molecule has 1 saturated carbocycles. The second-order valence-corrected chi connectivity index (χ2v) is 5.12. The fourth-order valence-corrected chi connectivity index (χ4v) is 2.18. The van der Waals surface area contributed by atoms with Crippen LogP contribution >= 0.6 is 0 Å². The number of hydrogen-bond acceptors (Lipinski definition) is 2. The van der Waals surface area contributed by atoms with Gasteiger partial charge in [-0.15, -0.1) is 0 Å². The van der Waals surface area contributed by atoms with Crippen molar-refractivity contribution in [3.05, 3.63) is 0 Å². The van der Waals surface area contributed by atoms with Crippen molar-refractivity contribution in [2.45, 2.75) is 58.6 Å². The fraction of sp³-hybridized carbons (Fsp3) is 1.00. The molecule has 2 atom stereocenters. The smallest absolute Gasteiger partial charge is 0.0755 e. The highest BCUT2D eigenvalue weighted by molar-refractivity contribution is 4.89. The minimum Gasteiger partial charge on any atom is -0.377 e. The highest BCUT2D eigenvalue weighted by atomic mass is 16.5. The van der Waals surface area contributed by atoms with E-state index in [4.69, 9.17) is 4.74 Å². The summed E-state index contributed by atoms with van der Waals surface area (Å²) in [5.74, 6) is 1.62. The van der Waals surface area contributed by atoms with Crippen LogP contribution in [0, 0.1) is 11.8 Å². The molecule has 0 saturated heterocycles. The SMILES string of the molecule is CCOC(C1CC1)C(CCC(C)C)NC. The van der Waals surface area contributed by atoms with Crippen LogP contribution in [0.1, 0.15) is 46.5 Å². The zero-order chi connectivity index (χ0) is 11.3. The Kier molecular flexibility index (Phi) is 5.62. The molecule has 1 rings (SSSR count). The maximum atomic E-state index is 5.89. The quantitative estimate of drug-likeness (QED) is 0.669. The third-order valence-corrected chi connectivity index (χ3v) is 3.27. The van der Waals surface area contributed by atoms with Crippen LogP contribution < -0.4 is 5.32 Å². The van der Waals surface area contributed by atoms with Crippen LogP contribution in [0.4, 0.5) is 0 Å². The van der Waals surface area contributed by atoms with Gasteiger partial charge < -0.3 is 10.1 Å². The Morgan fingerprint density at radius 2 is 1.93 bits per heavy atom. The molecule has 1 aliphatic carbocycles. The molecular formula is C13H27NO. The molecule has 0 aromatic heterocycles. The molecule has 15 heavy (non-hydrogen) atoms. The van der Waals surface area contributed by atoms with Crippen molar-refractivity contribution in [2.24, 2.45) is 11.8 Å². The van der Waals surface area contributed by atoms with Crippen LogP contribution in [0.3, 0.4) is 0 Å². The van der Waals surface area contributed by atoms with E-state index in [0.29, 0.717) is 12.1 Å². The minimum atomic E-state index is 0.457. The normalized spacial score (nSPS) is 20.6. The van der Waals surface area contributed by atoms with Gasteiger partial charge in [0.2, 0.25) is 0 Å². The lowest BCUT2D eigenvalue weighted by Crippen LogP contribution is -2.41. The molecule has 0 radical (unpaired) electrons. The van der Waals surface area contributed by atoms with Gasteiger partial charge in [0.15, 0.2) is 0 Å². The van der Waals surface area contributed by atoms with Crippen LogP contribution in [0.2, 0.25) is 0 Å². The largest absolute Gasteiger partial charge is 0.377 e. The lowest BCUT2D eigenvalue weighted by atomic mass is 9.97. The summed E-state index contributed by atoms with van der Waals surface area (Å²) >= 11 is 0. The summed E-state index contributed by atoms with van der Waals surface area (Å²) in [6, 6.07) is 0.555. The number of likely N-dealkylation sites (N-methyl/N-ethyl adjacent to an activating group) is 1. The van der Waals surface area contributed by atoms with Gasteiger partial charge in [0.1, 0.15) is 0 Å². The third-order valence-electron chi connectivity index (χ3n) is 3.27. The topological polar surface area (TPSA) is 21.3 Å². The van der Waals surface area contributed by atoms with Crippen molar-refractivity contribution < 1.29 is 4.74 Å². The average molecular weight is 213 g/mol. The fourth-order valence-electron chi connectivity index (χ4n) is 2.18. The second-order valence-electron chi connectivity index (χ2n) is 5.12. The number of ether oxygens (including phenoxy) is 1.